The zero-order valence-electron chi connectivity index (χ0n) is 16.7. The molecule has 3 aromatic rings. The Labute approximate surface area is 175 Å². The molecule has 2 aromatic carbocycles. The molecular weight excluding hydrogens is 386 g/mol. The molecule has 0 bridgehead atoms. The average Bonchev–Trinajstić information content (AvgIpc) is 3.22. The summed E-state index contributed by atoms with van der Waals surface area (Å²) in [5.41, 5.74) is 1.94. The van der Waals surface area contributed by atoms with Crippen LogP contribution in [0.3, 0.4) is 0 Å². The van der Waals surface area contributed by atoms with Gasteiger partial charge >= 0.3 is 0 Å². The number of methoxy groups -OCH3 is 2. The van der Waals surface area contributed by atoms with Gasteiger partial charge < -0.3 is 14.2 Å². The highest BCUT2D eigenvalue weighted by molar-refractivity contribution is 7.99. The van der Waals surface area contributed by atoms with Crippen LogP contribution in [-0.2, 0) is 4.74 Å². The van der Waals surface area contributed by atoms with Crippen LogP contribution in [0.1, 0.15) is 19.3 Å². The summed E-state index contributed by atoms with van der Waals surface area (Å²) in [7, 11) is 3.28. The van der Waals surface area contributed by atoms with Crippen LogP contribution in [-0.4, -0.2) is 47.4 Å². The number of ether oxygens (including phenoxy) is 3. The maximum absolute atomic E-state index is 5.89. The molecule has 1 atom stereocenters. The van der Waals surface area contributed by atoms with E-state index in [1.54, 1.807) is 26.0 Å². The topological polar surface area (TPSA) is 58.4 Å². The molecule has 0 amide bonds. The van der Waals surface area contributed by atoms with E-state index in [0.717, 1.165) is 47.4 Å². The van der Waals surface area contributed by atoms with Gasteiger partial charge in [0.2, 0.25) is 0 Å². The van der Waals surface area contributed by atoms with E-state index in [1.807, 2.05) is 48.5 Å². The van der Waals surface area contributed by atoms with Crippen molar-refractivity contribution in [3.05, 3.63) is 48.5 Å². The SMILES string of the molecule is COc1ccc(-n2c(SC[C@H]3CCCCO3)nnc2-c2ccccc2)cc1OC. The van der Waals surface area contributed by atoms with Gasteiger partial charge in [0, 0.05) is 24.0 Å². The smallest absolute Gasteiger partial charge is 0.196 e. The number of hydrogen-bond acceptors (Lipinski definition) is 6. The molecule has 0 spiro atoms. The molecule has 1 saturated heterocycles. The predicted molar refractivity (Wildman–Crippen MR) is 114 cm³/mol. The Morgan fingerprint density at radius 3 is 2.59 bits per heavy atom. The fraction of sp³-hybridized carbons (Fsp3) is 0.364. The van der Waals surface area contributed by atoms with Crippen molar-refractivity contribution in [3.8, 4) is 28.6 Å². The molecule has 0 aliphatic carbocycles. The van der Waals surface area contributed by atoms with Gasteiger partial charge in [0.25, 0.3) is 0 Å². The Bertz CT molecular complexity index is 940. The first-order valence-electron chi connectivity index (χ1n) is 9.78. The maximum atomic E-state index is 5.89. The van der Waals surface area contributed by atoms with Gasteiger partial charge in [-0.15, -0.1) is 10.2 Å². The lowest BCUT2D eigenvalue weighted by Crippen LogP contribution is -2.21. The van der Waals surface area contributed by atoms with Crippen LogP contribution in [0.25, 0.3) is 17.1 Å². The molecule has 4 rings (SSSR count). The second-order valence-corrected chi connectivity index (χ2v) is 7.83. The minimum atomic E-state index is 0.268. The van der Waals surface area contributed by atoms with Crippen molar-refractivity contribution in [2.75, 3.05) is 26.6 Å². The van der Waals surface area contributed by atoms with Gasteiger partial charge in [-0.25, -0.2) is 0 Å². The van der Waals surface area contributed by atoms with E-state index in [4.69, 9.17) is 14.2 Å². The Balaban J connectivity index is 1.71. The summed E-state index contributed by atoms with van der Waals surface area (Å²) < 4.78 is 18.9. The minimum Gasteiger partial charge on any atom is -0.493 e. The lowest BCUT2D eigenvalue weighted by Gasteiger charge is -2.22. The standard InChI is InChI=1S/C22H25N3O3S/c1-26-19-12-11-17(14-20(19)27-2)25-21(16-8-4-3-5-9-16)23-24-22(25)29-15-18-10-6-7-13-28-18/h3-5,8-9,11-12,14,18H,6-7,10,13,15H2,1-2H3/t18-/m1/s1. The highest BCUT2D eigenvalue weighted by Gasteiger charge is 2.20. The molecule has 29 heavy (non-hydrogen) atoms. The van der Waals surface area contributed by atoms with Gasteiger partial charge in [0.1, 0.15) is 0 Å². The first kappa shape index (κ1) is 19.8. The van der Waals surface area contributed by atoms with E-state index < -0.39 is 0 Å². The van der Waals surface area contributed by atoms with Gasteiger partial charge in [-0.05, 0) is 31.4 Å². The van der Waals surface area contributed by atoms with Gasteiger partial charge in [-0.3, -0.25) is 4.57 Å². The second-order valence-electron chi connectivity index (χ2n) is 6.85. The van der Waals surface area contributed by atoms with E-state index in [-0.39, 0.29) is 6.10 Å². The number of hydrogen-bond donors (Lipinski definition) is 0. The van der Waals surface area contributed by atoms with E-state index in [0.29, 0.717) is 11.5 Å². The van der Waals surface area contributed by atoms with Crippen LogP contribution in [0.15, 0.2) is 53.7 Å². The van der Waals surface area contributed by atoms with Crippen LogP contribution < -0.4 is 9.47 Å². The summed E-state index contributed by atoms with van der Waals surface area (Å²) >= 11 is 1.68. The highest BCUT2D eigenvalue weighted by atomic mass is 32.2. The Morgan fingerprint density at radius 1 is 1.03 bits per heavy atom. The molecule has 1 aliphatic heterocycles. The molecule has 1 aliphatic rings. The van der Waals surface area contributed by atoms with Crippen molar-refractivity contribution in [2.24, 2.45) is 0 Å². The maximum Gasteiger partial charge on any atom is 0.196 e. The zero-order valence-corrected chi connectivity index (χ0v) is 17.5. The Kier molecular flexibility index (Phi) is 6.36. The molecule has 7 heteroatoms. The van der Waals surface area contributed by atoms with Crippen LogP contribution in [0, 0.1) is 0 Å². The van der Waals surface area contributed by atoms with Gasteiger partial charge in [0.15, 0.2) is 22.5 Å². The van der Waals surface area contributed by atoms with Crippen molar-refractivity contribution in [1.82, 2.24) is 14.8 Å². The van der Waals surface area contributed by atoms with Crippen LogP contribution >= 0.6 is 11.8 Å². The van der Waals surface area contributed by atoms with E-state index in [1.165, 1.54) is 6.42 Å². The summed E-state index contributed by atoms with van der Waals surface area (Å²) in [6, 6.07) is 15.9. The van der Waals surface area contributed by atoms with Gasteiger partial charge in [0.05, 0.1) is 26.0 Å². The summed E-state index contributed by atoms with van der Waals surface area (Å²) in [6.45, 7) is 0.850. The molecular formula is C22H25N3O3S. The number of benzene rings is 2. The lowest BCUT2D eigenvalue weighted by molar-refractivity contribution is 0.0315. The predicted octanol–water partition coefficient (Wildman–Crippen LogP) is 4.61. The quantitative estimate of drug-likeness (QED) is 0.529. The first-order valence-corrected chi connectivity index (χ1v) is 10.8. The van der Waals surface area contributed by atoms with E-state index in [2.05, 4.69) is 14.8 Å². The summed E-state index contributed by atoms with van der Waals surface area (Å²) in [4.78, 5) is 0. The zero-order chi connectivity index (χ0) is 20.1. The van der Waals surface area contributed by atoms with Crippen LogP contribution in [0.2, 0.25) is 0 Å². The van der Waals surface area contributed by atoms with Crippen molar-refractivity contribution in [3.63, 3.8) is 0 Å². The second kappa shape index (κ2) is 9.33. The van der Waals surface area contributed by atoms with Crippen molar-refractivity contribution >= 4 is 11.8 Å². The molecule has 2 heterocycles. The molecule has 0 radical (unpaired) electrons. The van der Waals surface area contributed by atoms with E-state index in [9.17, 15) is 0 Å². The molecule has 0 saturated carbocycles. The van der Waals surface area contributed by atoms with Gasteiger partial charge in [-0.1, -0.05) is 42.1 Å². The third kappa shape index (κ3) is 4.41. The van der Waals surface area contributed by atoms with Gasteiger partial charge in [-0.2, -0.15) is 0 Å². The average molecular weight is 412 g/mol. The molecule has 1 fully saturated rings. The monoisotopic (exact) mass is 411 g/mol. The summed E-state index contributed by atoms with van der Waals surface area (Å²) in [5.74, 6) is 3.02. The summed E-state index contributed by atoms with van der Waals surface area (Å²) in [5, 5.41) is 9.84. The van der Waals surface area contributed by atoms with E-state index >= 15 is 0 Å². The van der Waals surface area contributed by atoms with Crippen molar-refractivity contribution < 1.29 is 14.2 Å². The summed E-state index contributed by atoms with van der Waals surface area (Å²) in [6.07, 6.45) is 3.75. The normalized spacial score (nSPS) is 16.6. The fourth-order valence-electron chi connectivity index (χ4n) is 3.44. The van der Waals surface area contributed by atoms with Crippen molar-refractivity contribution in [1.29, 1.82) is 0 Å². The largest absolute Gasteiger partial charge is 0.493 e. The number of aromatic nitrogens is 3. The van der Waals surface area contributed by atoms with Crippen LogP contribution in [0.4, 0.5) is 0 Å². The minimum absolute atomic E-state index is 0.268. The highest BCUT2D eigenvalue weighted by Crippen LogP contribution is 2.34. The molecule has 0 N–H and O–H groups in total. The molecule has 152 valence electrons. The third-order valence-corrected chi connectivity index (χ3v) is 6.02. The molecule has 1 aromatic heterocycles. The fourth-order valence-corrected chi connectivity index (χ4v) is 4.46. The third-order valence-electron chi connectivity index (χ3n) is 4.96. The molecule has 0 unspecified atom stereocenters. The molecule has 6 nitrogen and oxygen atoms in total. The Morgan fingerprint density at radius 2 is 1.86 bits per heavy atom. The van der Waals surface area contributed by atoms with Crippen molar-refractivity contribution in [2.45, 2.75) is 30.5 Å². The number of rotatable bonds is 7. The van der Waals surface area contributed by atoms with Crippen LogP contribution in [0.5, 0.6) is 11.5 Å². The number of nitrogens with zero attached hydrogens (tertiary/aromatic N) is 3. The first-order chi connectivity index (χ1) is 14.3. The lowest BCUT2D eigenvalue weighted by atomic mass is 10.1. The Hall–Kier alpha value is -2.51. The number of thioether (sulfide) groups is 1.